The molecule has 2 aliphatic heterocycles. The molecule has 0 spiro atoms. The maximum Gasteiger partial charge on any atom is 0.251 e. The van der Waals surface area contributed by atoms with Crippen LogP contribution in [0.3, 0.4) is 0 Å². The van der Waals surface area contributed by atoms with Gasteiger partial charge in [0.1, 0.15) is 5.82 Å². The standard InChI is InChI=1S/C14H21N3O3/c1-19-5-4-15-8-9-6-13(18)17-14(16-9)11-7-10-2-3-12(11)20-10/h6,10-12,15H,2-5,7-8H2,1H3,(H,16,17,18). The van der Waals surface area contributed by atoms with Gasteiger partial charge in [0.05, 0.1) is 24.5 Å². The maximum atomic E-state index is 11.8. The first-order chi connectivity index (χ1) is 9.76. The lowest BCUT2D eigenvalue weighted by atomic mass is 9.88. The summed E-state index contributed by atoms with van der Waals surface area (Å²) < 4.78 is 10.8. The molecule has 3 heterocycles. The number of nitrogens with one attached hydrogen (secondary N) is 2. The van der Waals surface area contributed by atoms with Crippen molar-refractivity contribution in [1.82, 2.24) is 15.3 Å². The van der Waals surface area contributed by atoms with E-state index < -0.39 is 0 Å². The summed E-state index contributed by atoms with van der Waals surface area (Å²) in [6.07, 6.45) is 3.80. The van der Waals surface area contributed by atoms with E-state index in [0.717, 1.165) is 37.3 Å². The fourth-order valence-corrected chi connectivity index (χ4v) is 3.11. The average Bonchev–Trinajstić information content (AvgIpc) is 3.05. The normalized spacial score (nSPS) is 28.1. The fourth-order valence-electron chi connectivity index (χ4n) is 3.11. The van der Waals surface area contributed by atoms with Crippen LogP contribution in [0.2, 0.25) is 0 Å². The lowest BCUT2D eigenvalue weighted by Gasteiger charge is -2.18. The van der Waals surface area contributed by atoms with Gasteiger partial charge in [0.15, 0.2) is 0 Å². The van der Waals surface area contributed by atoms with Crippen LogP contribution >= 0.6 is 0 Å². The number of aromatic amines is 1. The Hall–Kier alpha value is -1.24. The number of hydrogen-bond acceptors (Lipinski definition) is 5. The smallest absolute Gasteiger partial charge is 0.251 e. The van der Waals surface area contributed by atoms with Crippen molar-refractivity contribution in [2.75, 3.05) is 20.3 Å². The number of hydrogen-bond donors (Lipinski definition) is 2. The maximum absolute atomic E-state index is 11.8. The molecule has 0 aliphatic carbocycles. The molecule has 0 saturated carbocycles. The zero-order valence-electron chi connectivity index (χ0n) is 11.7. The van der Waals surface area contributed by atoms with Gasteiger partial charge in [-0.25, -0.2) is 4.98 Å². The summed E-state index contributed by atoms with van der Waals surface area (Å²) in [5.74, 6) is 1.04. The molecule has 2 N–H and O–H groups in total. The summed E-state index contributed by atoms with van der Waals surface area (Å²) >= 11 is 0. The second-order valence-corrected chi connectivity index (χ2v) is 5.51. The van der Waals surface area contributed by atoms with Crippen LogP contribution in [0, 0.1) is 0 Å². The minimum Gasteiger partial charge on any atom is -0.383 e. The van der Waals surface area contributed by atoms with Gasteiger partial charge >= 0.3 is 0 Å². The molecular formula is C14H21N3O3. The second-order valence-electron chi connectivity index (χ2n) is 5.51. The van der Waals surface area contributed by atoms with Crippen molar-refractivity contribution in [2.45, 2.75) is 43.9 Å². The first kappa shape index (κ1) is 13.7. The van der Waals surface area contributed by atoms with Crippen LogP contribution in [0.25, 0.3) is 0 Å². The first-order valence-corrected chi connectivity index (χ1v) is 7.21. The number of rotatable bonds is 6. The molecule has 2 bridgehead atoms. The summed E-state index contributed by atoms with van der Waals surface area (Å²) in [5, 5.41) is 3.21. The predicted molar refractivity (Wildman–Crippen MR) is 73.7 cm³/mol. The molecule has 3 unspecified atom stereocenters. The van der Waals surface area contributed by atoms with Crippen molar-refractivity contribution in [1.29, 1.82) is 0 Å². The van der Waals surface area contributed by atoms with Crippen LogP contribution in [0.1, 0.15) is 36.7 Å². The van der Waals surface area contributed by atoms with E-state index in [1.165, 1.54) is 0 Å². The van der Waals surface area contributed by atoms with Gasteiger partial charge in [0.25, 0.3) is 5.56 Å². The Morgan fingerprint density at radius 1 is 1.55 bits per heavy atom. The highest BCUT2D eigenvalue weighted by atomic mass is 16.5. The highest BCUT2D eigenvalue weighted by Gasteiger charge is 2.42. The van der Waals surface area contributed by atoms with Crippen molar-refractivity contribution in [3.05, 3.63) is 27.9 Å². The van der Waals surface area contributed by atoms with E-state index in [2.05, 4.69) is 15.3 Å². The van der Waals surface area contributed by atoms with Crippen molar-refractivity contribution >= 4 is 0 Å². The van der Waals surface area contributed by atoms with Crippen molar-refractivity contribution in [3.8, 4) is 0 Å². The minimum atomic E-state index is -0.0821. The summed E-state index contributed by atoms with van der Waals surface area (Å²) in [4.78, 5) is 19.2. The summed E-state index contributed by atoms with van der Waals surface area (Å²) in [6, 6.07) is 1.55. The van der Waals surface area contributed by atoms with Crippen LogP contribution in [0.4, 0.5) is 0 Å². The molecule has 1 aromatic rings. The molecule has 0 aromatic carbocycles. The van der Waals surface area contributed by atoms with Crippen LogP contribution in [0.15, 0.2) is 10.9 Å². The third kappa shape index (κ3) is 2.92. The van der Waals surface area contributed by atoms with E-state index in [9.17, 15) is 4.79 Å². The Morgan fingerprint density at radius 3 is 3.15 bits per heavy atom. The van der Waals surface area contributed by atoms with E-state index in [4.69, 9.17) is 9.47 Å². The van der Waals surface area contributed by atoms with Crippen LogP contribution in [-0.4, -0.2) is 42.4 Å². The first-order valence-electron chi connectivity index (χ1n) is 7.21. The van der Waals surface area contributed by atoms with E-state index in [1.807, 2.05) is 0 Å². The zero-order valence-corrected chi connectivity index (χ0v) is 11.7. The zero-order chi connectivity index (χ0) is 13.9. The van der Waals surface area contributed by atoms with Crippen LogP contribution < -0.4 is 10.9 Å². The molecule has 20 heavy (non-hydrogen) atoms. The van der Waals surface area contributed by atoms with Gasteiger partial charge in [-0.05, 0) is 19.3 Å². The molecule has 0 amide bonds. The van der Waals surface area contributed by atoms with Gasteiger partial charge < -0.3 is 19.8 Å². The molecule has 2 aliphatic rings. The number of nitrogens with zero attached hydrogens (tertiary/aromatic N) is 1. The summed E-state index contributed by atoms with van der Waals surface area (Å²) in [5.41, 5.74) is 0.698. The van der Waals surface area contributed by atoms with Gasteiger partial charge in [0.2, 0.25) is 0 Å². The van der Waals surface area contributed by atoms with Crippen molar-refractivity contribution < 1.29 is 9.47 Å². The molecule has 3 rings (SSSR count). The van der Waals surface area contributed by atoms with E-state index in [1.54, 1.807) is 13.2 Å². The van der Waals surface area contributed by atoms with Gasteiger partial charge in [-0.2, -0.15) is 0 Å². The van der Waals surface area contributed by atoms with Crippen LogP contribution in [0.5, 0.6) is 0 Å². The SMILES string of the molecule is COCCNCc1cc(=O)[nH]c(C2CC3CCC2O3)n1. The Morgan fingerprint density at radius 2 is 2.45 bits per heavy atom. The minimum absolute atomic E-state index is 0.0821. The monoisotopic (exact) mass is 279 g/mol. The molecule has 2 fully saturated rings. The largest absolute Gasteiger partial charge is 0.383 e. The van der Waals surface area contributed by atoms with Gasteiger partial charge in [-0.3, -0.25) is 4.79 Å². The third-order valence-electron chi connectivity index (χ3n) is 4.06. The number of fused-ring (bicyclic) bond motifs is 2. The highest BCUT2D eigenvalue weighted by Crippen LogP contribution is 2.43. The summed E-state index contributed by atoms with van der Waals surface area (Å²) in [6.45, 7) is 1.98. The third-order valence-corrected chi connectivity index (χ3v) is 4.06. The highest BCUT2D eigenvalue weighted by molar-refractivity contribution is 5.11. The Kier molecular flexibility index (Phi) is 4.14. The van der Waals surface area contributed by atoms with Crippen LogP contribution in [-0.2, 0) is 16.0 Å². The number of aromatic nitrogens is 2. The second kappa shape index (κ2) is 6.03. The van der Waals surface area contributed by atoms with E-state index in [-0.39, 0.29) is 17.6 Å². The van der Waals surface area contributed by atoms with E-state index >= 15 is 0 Å². The van der Waals surface area contributed by atoms with Gasteiger partial charge in [-0.15, -0.1) is 0 Å². The summed E-state index contributed by atoms with van der Waals surface area (Å²) in [7, 11) is 1.67. The molecule has 1 aromatic heterocycles. The Bertz CT molecular complexity index is 517. The molecule has 3 atom stereocenters. The molecule has 0 radical (unpaired) electrons. The van der Waals surface area contributed by atoms with E-state index in [0.29, 0.717) is 19.3 Å². The molecule has 6 nitrogen and oxygen atoms in total. The number of ether oxygens (including phenoxy) is 2. The molecule has 110 valence electrons. The molecular weight excluding hydrogens is 258 g/mol. The lowest BCUT2D eigenvalue weighted by Crippen LogP contribution is -2.25. The fraction of sp³-hybridized carbons (Fsp3) is 0.714. The van der Waals surface area contributed by atoms with Crippen molar-refractivity contribution in [2.24, 2.45) is 0 Å². The molecule has 6 heteroatoms. The van der Waals surface area contributed by atoms with Gasteiger partial charge in [-0.1, -0.05) is 0 Å². The number of methoxy groups -OCH3 is 1. The topological polar surface area (TPSA) is 76.2 Å². The Balaban J connectivity index is 1.69. The van der Waals surface area contributed by atoms with Crippen molar-refractivity contribution in [3.63, 3.8) is 0 Å². The lowest BCUT2D eigenvalue weighted by molar-refractivity contribution is 0.0998. The Labute approximate surface area is 117 Å². The molecule has 2 saturated heterocycles. The number of H-pyrrole nitrogens is 1. The predicted octanol–water partition coefficient (Wildman–Crippen LogP) is 0.541. The van der Waals surface area contributed by atoms with Gasteiger partial charge in [0, 0.05) is 32.2 Å². The quantitative estimate of drug-likeness (QED) is 0.743. The average molecular weight is 279 g/mol.